The fraction of sp³-hybridized carbons (Fsp3) is 0.0714. The Hall–Kier alpha value is -2.21. The lowest BCUT2D eigenvalue weighted by Crippen LogP contribution is -1.99. The molecule has 2 rings (SSSR count). The monoisotopic (exact) mass is 335 g/mol. The number of ether oxygens (including phenoxy) is 1. The highest BCUT2D eigenvalue weighted by atomic mass is 79.9. The second kappa shape index (κ2) is 6.29. The Balaban J connectivity index is 2.16. The van der Waals surface area contributed by atoms with E-state index >= 15 is 0 Å². The highest BCUT2D eigenvalue weighted by Crippen LogP contribution is 2.29. The van der Waals surface area contributed by atoms with Gasteiger partial charge < -0.3 is 4.74 Å². The van der Waals surface area contributed by atoms with Gasteiger partial charge in [-0.15, -0.1) is 0 Å². The number of carbonyl (C=O) groups excluding carboxylic acids is 1. The Bertz CT molecular complexity index is 657. The molecule has 2 aromatic carbocycles. The molecule has 20 heavy (non-hydrogen) atoms. The van der Waals surface area contributed by atoms with Gasteiger partial charge in [0.15, 0.2) is 0 Å². The first-order valence-electron chi connectivity index (χ1n) is 5.71. The summed E-state index contributed by atoms with van der Waals surface area (Å²) in [6.07, 6.45) is 0.732. The molecule has 5 nitrogen and oxygen atoms in total. The average Bonchev–Trinajstić information content (AvgIpc) is 2.46. The molecule has 0 atom stereocenters. The van der Waals surface area contributed by atoms with Gasteiger partial charge in [0.1, 0.15) is 23.1 Å². The molecular formula is C14H10BrNO4. The highest BCUT2D eigenvalue weighted by Gasteiger charge is 2.14. The third-order valence-electron chi connectivity index (χ3n) is 2.64. The molecule has 0 aliphatic heterocycles. The lowest BCUT2D eigenvalue weighted by molar-refractivity contribution is -0.385. The van der Waals surface area contributed by atoms with E-state index in [-0.39, 0.29) is 12.3 Å². The molecule has 0 amide bonds. The molecule has 0 N–H and O–H groups in total. The van der Waals surface area contributed by atoms with Crippen LogP contribution in [0.5, 0.6) is 5.75 Å². The highest BCUT2D eigenvalue weighted by molar-refractivity contribution is 9.10. The van der Waals surface area contributed by atoms with Crippen LogP contribution in [0.2, 0.25) is 0 Å². The number of aldehydes is 1. The van der Waals surface area contributed by atoms with Crippen molar-refractivity contribution in [3.05, 3.63) is 68.2 Å². The smallest absolute Gasteiger partial charge is 0.283 e. The molecule has 0 aliphatic carbocycles. The van der Waals surface area contributed by atoms with Crippen molar-refractivity contribution in [1.29, 1.82) is 0 Å². The lowest BCUT2D eigenvalue weighted by atomic mass is 10.2. The van der Waals surface area contributed by atoms with Crippen LogP contribution in [0.25, 0.3) is 0 Å². The van der Waals surface area contributed by atoms with E-state index < -0.39 is 4.92 Å². The van der Waals surface area contributed by atoms with Crippen LogP contribution in [0.1, 0.15) is 15.9 Å². The van der Waals surface area contributed by atoms with E-state index in [0.717, 1.165) is 6.29 Å². The summed E-state index contributed by atoms with van der Waals surface area (Å²) in [5.74, 6) is 0.535. The molecule has 0 saturated heterocycles. The number of halogens is 1. The van der Waals surface area contributed by atoms with Gasteiger partial charge in [0, 0.05) is 17.2 Å². The van der Waals surface area contributed by atoms with E-state index in [0.29, 0.717) is 21.3 Å². The summed E-state index contributed by atoms with van der Waals surface area (Å²) >= 11 is 3.21. The summed E-state index contributed by atoms with van der Waals surface area (Å²) in [5, 5.41) is 10.8. The van der Waals surface area contributed by atoms with Crippen LogP contribution in [-0.4, -0.2) is 11.2 Å². The van der Waals surface area contributed by atoms with Gasteiger partial charge in [-0.05, 0) is 28.1 Å². The van der Waals surface area contributed by atoms with Gasteiger partial charge in [-0.3, -0.25) is 14.9 Å². The van der Waals surface area contributed by atoms with Crippen molar-refractivity contribution in [2.45, 2.75) is 6.61 Å². The summed E-state index contributed by atoms with van der Waals surface area (Å²) in [7, 11) is 0. The van der Waals surface area contributed by atoms with E-state index in [1.165, 1.54) is 6.07 Å². The molecule has 0 spiro atoms. The Morgan fingerprint density at radius 2 is 2.00 bits per heavy atom. The normalized spacial score (nSPS) is 10.1. The van der Waals surface area contributed by atoms with Gasteiger partial charge in [-0.2, -0.15) is 0 Å². The number of hydrogen-bond acceptors (Lipinski definition) is 4. The summed E-state index contributed by atoms with van der Waals surface area (Å²) in [6, 6.07) is 11.5. The van der Waals surface area contributed by atoms with Crippen LogP contribution < -0.4 is 4.74 Å². The Kier molecular flexibility index (Phi) is 4.47. The maximum Gasteiger partial charge on any atom is 0.283 e. The zero-order chi connectivity index (χ0) is 14.5. The second-order valence-electron chi connectivity index (χ2n) is 3.99. The molecule has 0 saturated carbocycles. The van der Waals surface area contributed by atoms with Crippen LogP contribution >= 0.6 is 15.9 Å². The predicted molar refractivity (Wildman–Crippen MR) is 77.0 cm³/mol. The molecular weight excluding hydrogens is 326 g/mol. The van der Waals surface area contributed by atoms with Crippen LogP contribution in [0.4, 0.5) is 5.69 Å². The molecule has 0 aromatic heterocycles. The quantitative estimate of drug-likeness (QED) is 0.474. The Morgan fingerprint density at radius 1 is 1.25 bits per heavy atom. The standard InChI is InChI=1S/C14H10BrNO4/c15-14-11(4-2-6-13(14)16(18)19)9-20-12-5-1-3-10(7-12)8-17/h1-8H,9H2. The Morgan fingerprint density at radius 3 is 2.70 bits per heavy atom. The molecule has 0 aliphatic rings. The van der Waals surface area contributed by atoms with E-state index in [4.69, 9.17) is 4.74 Å². The number of nitro benzene ring substituents is 1. The minimum Gasteiger partial charge on any atom is -0.489 e. The van der Waals surface area contributed by atoms with Gasteiger partial charge in [-0.25, -0.2) is 0 Å². The molecule has 102 valence electrons. The zero-order valence-electron chi connectivity index (χ0n) is 10.3. The molecule has 0 unspecified atom stereocenters. The number of rotatable bonds is 5. The minimum absolute atomic E-state index is 0.00672. The van der Waals surface area contributed by atoms with Crippen molar-refractivity contribution >= 4 is 27.9 Å². The van der Waals surface area contributed by atoms with Gasteiger partial charge in [0.25, 0.3) is 5.69 Å². The number of hydrogen-bond donors (Lipinski definition) is 0. The van der Waals surface area contributed by atoms with Crippen molar-refractivity contribution in [3.8, 4) is 5.75 Å². The fourth-order valence-electron chi connectivity index (χ4n) is 1.66. The van der Waals surface area contributed by atoms with E-state index in [1.807, 2.05) is 0 Å². The van der Waals surface area contributed by atoms with E-state index in [1.54, 1.807) is 36.4 Å². The average molecular weight is 336 g/mol. The van der Waals surface area contributed by atoms with Crippen molar-refractivity contribution in [2.24, 2.45) is 0 Å². The molecule has 0 radical (unpaired) electrons. The maximum atomic E-state index is 10.8. The summed E-state index contributed by atoms with van der Waals surface area (Å²) in [5.41, 5.74) is 1.17. The van der Waals surface area contributed by atoms with Gasteiger partial charge in [0.05, 0.1) is 4.92 Å². The van der Waals surface area contributed by atoms with Crippen LogP contribution in [0.3, 0.4) is 0 Å². The molecule has 0 fully saturated rings. The van der Waals surface area contributed by atoms with Gasteiger partial charge >= 0.3 is 0 Å². The minimum atomic E-state index is -0.458. The summed E-state index contributed by atoms with van der Waals surface area (Å²) < 4.78 is 5.94. The number of benzene rings is 2. The van der Waals surface area contributed by atoms with Crippen LogP contribution in [0.15, 0.2) is 46.9 Å². The summed E-state index contributed by atoms with van der Waals surface area (Å²) in [6.45, 7) is 0.171. The second-order valence-corrected chi connectivity index (χ2v) is 4.78. The number of nitro groups is 1. The number of carbonyl (C=O) groups is 1. The van der Waals surface area contributed by atoms with E-state index in [9.17, 15) is 14.9 Å². The third kappa shape index (κ3) is 3.21. The molecule has 6 heteroatoms. The predicted octanol–water partition coefficient (Wildman–Crippen LogP) is 3.75. The maximum absolute atomic E-state index is 10.8. The molecule has 0 heterocycles. The first-order chi connectivity index (χ1) is 9.61. The van der Waals surface area contributed by atoms with Crippen molar-refractivity contribution in [3.63, 3.8) is 0 Å². The zero-order valence-corrected chi connectivity index (χ0v) is 11.9. The molecule has 0 bridgehead atoms. The third-order valence-corrected chi connectivity index (χ3v) is 3.56. The first-order valence-corrected chi connectivity index (χ1v) is 6.51. The fourth-order valence-corrected chi connectivity index (χ4v) is 2.18. The van der Waals surface area contributed by atoms with Gasteiger partial charge in [0.2, 0.25) is 0 Å². The Labute approximate surface area is 123 Å². The largest absolute Gasteiger partial charge is 0.489 e. The van der Waals surface area contributed by atoms with Crippen LogP contribution in [0, 0.1) is 10.1 Å². The SMILES string of the molecule is O=Cc1cccc(OCc2cccc([N+](=O)[O-])c2Br)c1. The van der Waals surface area contributed by atoms with E-state index in [2.05, 4.69) is 15.9 Å². The summed E-state index contributed by atoms with van der Waals surface area (Å²) in [4.78, 5) is 21.0. The first kappa shape index (κ1) is 14.2. The lowest BCUT2D eigenvalue weighted by Gasteiger charge is -2.08. The van der Waals surface area contributed by atoms with Crippen LogP contribution in [-0.2, 0) is 6.61 Å². The molecule has 2 aromatic rings. The topological polar surface area (TPSA) is 69.4 Å². The van der Waals surface area contributed by atoms with Gasteiger partial charge in [-0.1, -0.05) is 24.3 Å². The van der Waals surface area contributed by atoms with Crippen molar-refractivity contribution in [1.82, 2.24) is 0 Å². The van der Waals surface area contributed by atoms with Crippen molar-refractivity contribution < 1.29 is 14.5 Å². The number of nitrogens with zero attached hydrogens (tertiary/aromatic N) is 1. The van der Waals surface area contributed by atoms with Crippen molar-refractivity contribution in [2.75, 3.05) is 0 Å².